The van der Waals surface area contributed by atoms with Crippen LogP contribution < -0.4 is 14.8 Å². The average molecular weight is 670 g/mol. The number of anilines is 1. The number of carbonyl (C=O) groups excluding carboxylic acids is 1. The zero-order valence-electron chi connectivity index (χ0n) is 27.7. The van der Waals surface area contributed by atoms with Crippen molar-refractivity contribution in [3.8, 4) is 11.6 Å². The maximum Gasteiger partial charge on any atom is 0.421 e. The lowest BCUT2D eigenvalue weighted by Gasteiger charge is -2.33. The molecule has 5 rings (SSSR count). The standard InChI is InChI=1S/C34H42F3N7O4/c1-6-21-19-44(33(45)42-24-16-28(34(35,36)37)32(40-17-24)48-25-8-11-43(4)12-9-25)20-22-14-26(18-39-30(21)22)47-29(7-2)27-15-23(10-13-46-5)41-31(27)38-3/h7,14-18,21,25,41H,3,6,8-13,19-20H2,1-2,4-5H3,(H,42,45)/b29-7+/t21-/m0/s1. The summed E-state index contributed by atoms with van der Waals surface area (Å²) < 4.78 is 59.3. The van der Waals surface area contributed by atoms with Crippen molar-refractivity contribution in [3.63, 3.8) is 0 Å². The summed E-state index contributed by atoms with van der Waals surface area (Å²) in [6.07, 6.45) is 2.18. The van der Waals surface area contributed by atoms with Crippen molar-refractivity contribution in [1.29, 1.82) is 0 Å². The van der Waals surface area contributed by atoms with E-state index in [1.807, 2.05) is 39.1 Å². The predicted molar refractivity (Wildman–Crippen MR) is 177 cm³/mol. The number of halogens is 3. The number of piperidine rings is 1. The first kappa shape index (κ1) is 34.9. The number of carbonyl (C=O) groups is 1. The molecule has 0 aromatic carbocycles. The van der Waals surface area contributed by atoms with Crippen molar-refractivity contribution in [3.05, 3.63) is 64.7 Å². The van der Waals surface area contributed by atoms with E-state index in [2.05, 4.69) is 31.9 Å². The van der Waals surface area contributed by atoms with Crippen molar-refractivity contribution in [2.24, 2.45) is 4.99 Å². The lowest BCUT2D eigenvalue weighted by atomic mass is 9.92. The van der Waals surface area contributed by atoms with Crippen LogP contribution in [0.2, 0.25) is 0 Å². The number of fused-ring (bicyclic) bond motifs is 1. The summed E-state index contributed by atoms with van der Waals surface area (Å²) in [6.45, 7) is 10.1. The topological polar surface area (TPSA) is 117 Å². The Labute approximate surface area is 278 Å². The van der Waals surface area contributed by atoms with Gasteiger partial charge < -0.3 is 34.3 Å². The Hall–Kier alpha value is -4.43. The summed E-state index contributed by atoms with van der Waals surface area (Å²) in [4.78, 5) is 33.1. The second-order valence-electron chi connectivity index (χ2n) is 12.0. The summed E-state index contributed by atoms with van der Waals surface area (Å²) in [7, 11) is 3.60. The van der Waals surface area contributed by atoms with Gasteiger partial charge in [-0.05, 0) is 69.8 Å². The van der Waals surface area contributed by atoms with Crippen molar-refractivity contribution in [2.75, 3.05) is 45.7 Å². The predicted octanol–water partition coefficient (Wildman–Crippen LogP) is 6.80. The molecule has 0 unspecified atom stereocenters. The molecule has 0 aliphatic carbocycles. The number of hydrogen-bond acceptors (Lipinski definition) is 8. The van der Waals surface area contributed by atoms with Crippen molar-refractivity contribution < 1.29 is 32.2 Å². The molecular formula is C34H42F3N7O4. The minimum absolute atomic E-state index is 0.0714. The van der Waals surface area contributed by atoms with Gasteiger partial charge in [-0.3, -0.25) is 4.98 Å². The number of urea groups is 1. The number of pyridine rings is 2. The Morgan fingerprint density at radius 3 is 2.65 bits per heavy atom. The van der Waals surface area contributed by atoms with Crippen LogP contribution in [-0.4, -0.2) is 84.0 Å². The van der Waals surface area contributed by atoms with Crippen LogP contribution in [0.1, 0.15) is 67.1 Å². The van der Waals surface area contributed by atoms with Crippen molar-refractivity contribution in [2.45, 2.75) is 64.3 Å². The maximum absolute atomic E-state index is 14.1. The number of aromatic amines is 1. The molecule has 0 saturated carbocycles. The smallest absolute Gasteiger partial charge is 0.421 e. The van der Waals surface area contributed by atoms with Gasteiger partial charge in [-0.15, -0.1) is 0 Å². The van der Waals surface area contributed by atoms with Crippen LogP contribution in [-0.2, 0) is 23.9 Å². The molecule has 11 nitrogen and oxygen atoms in total. The van der Waals surface area contributed by atoms with Gasteiger partial charge >= 0.3 is 12.2 Å². The third-order valence-electron chi connectivity index (χ3n) is 8.64. The Balaban J connectivity index is 1.31. The van der Waals surface area contributed by atoms with E-state index in [1.54, 1.807) is 18.2 Å². The van der Waals surface area contributed by atoms with Gasteiger partial charge in [0.2, 0.25) is 5.88 Å². The van der Waals surface area contributed by atoms with E-state index in [1.165, 1.54) is 6.20 Å². The monoisotopic (exact) mass is 669 g/mol. The molecule has 48 heavy (non-hydrogen) atoms. The van der Waals surface area contributed by atoms with E-state index in [-0.39, 0.29) is 24.3 Å². The number of allylic oxidation sites excluding steroid dienone is 1. The lowest BCUT2D eigenvalue weighted by Crippen LogP contribution is -2.41. The van der Waals surface area contributed by atoms with E-state index in [0.717, 1.165) is 41.7 Å². The van der Waals surface area contributed by atoms with E-state index in [4.69, 9.17) is 19.2 Å². The van der Waals surface area contributed by atoms with Crippen LogP contribution in [0.15, 0.2) is 41.7 Å². The van der Waals surface area contributed by atoms with E-state index >= 15 is 0 Å². The first-order valence-electron chi connectivity index (χ1n) is 16.0. The molecule has 2 N–H and O–H groups in total. The number of rotatable bonds is 11. The largest absolute Gasteiger partial charge is 0.474 e. The van der Waals surface area contributed by atoms with Crippen LogP contribution in [0, 0.1) is 0 Å². The molecule has 14 heteroatoms. The number of amides is 2. The third kappa shape index (κ3) is 8.16. The second kappa shape index (κ2) is 15.2. The highest BCUT2D eigenvalue weighted by Gasteiger charge is 2.37. The first-order valence-corrected chi connectivity index (χ1v) is 16.0. The van der Waals surface area contributed by atoms with Gasteiger partial charge in [0, 0.05) is 51.3 Å². The van der Waals surface area contributed by atoms with Gasteiger partial charge in [0.15, 0.2) is 0 Å². The van der Waals surface area contributed by atoms with Gasteiger partial charge in [-0.1, -0.05) is 6.92 Å². The molecule has 1 fully saturated rings. The van der Waals surface area contributed by atoms with Crippen LogP contribution in [0.5, 0.6) is 11.6 Å². The summed E-state index contributed by atoms with van der Waals surface area (Å²) in [5, 5.41) is 2.62. The highest BCUT2D eigenvalue weighted by molar-refractivity contribution is 5.89. The molecule has 3 aromatic rings. The molecule has 0 radical (unpaired) electrons. The molecule has 3 aromatic heterocycles. The van der Waals surface area contributed by atoms with E-state index in [0.29, 0.717) is 56.2 Å². The Morgan fingerprint density at radius 2 is 1.98 bits per heavy atom. The maximum atomic E-state index is 14.1. The zero-order valence-corrected chi connectivity index (χ0v) is 27.7. The van der Waals surface area contributed by atoms with Crippen LogP contribution in [0.4, 0.5) is 29.5 Å². The Kier molecular flexibility index (Phi) is 11.0. The fourth-order valence-electron chi connectivity index (χ4n) is 5.98. The number of nitrogens with one attached hydrogen (secondary N) is 2. The summed E-state index contributed by atoms with van der Waals surface area (Å²) in [5.41, 5.74) is 2.19. The number of aromatic nitrogens is 3. The summed E-state index contributed by atoms with van der Waals surface area (Å²) in [5.74, 6) is 1.03. The van der Waals surface area contributed by atoms with Gasteiger partial charge in [-0.2, -0.15) is 13.2 Å². The molecule has 0 spiro atoms. The lowest BCUT2D eigenvalue weighted by molar-refractivity contribution is -0.139. The van der Waals surface area contributed by atoms with Gasteiger partial charge in [0.05, 0.1) is 35.9 Å². The van der Waals surface area contributed by atoms with Crippen LogP contribution in [0.3, 0.4) is 0 Å². The Bertz CT molecular complexity index is 1630. The number of nitrogens with zero attached hydrogens (tertiary/aromatic N) is 5. The van der Waals surface area contributed by atoms with E-state index < -0.39 is 23.7 Å². The second-order valence-corrected chi connectivity index (χ2v) is 12.0. The molecule has 5 heterocycles. The normalized spacial score (nSPS) is 17.6. The fourth-order valence-corrected chi connectivity index (χ4v) is 5.98. The van der Waals surface area contributed by atoms with Crippen LogP contribution >= 0.6 is 0 Å². The third-order valence-corrected chi connectivity index (χ3v) is 8.64. The minimum atomic E-state index is -4.71. The molecule has 2 aliphatic heterocycles. The quantitative estimate of drug-likeness (QED) is 0.170. The summed E-state index contributed by atoms with van der Waals surface area (Å²) >= 11 is 0. The molecular weight excluding hydrogens is 627 g/mol. The van der Waals surface area contributed by atoms with Gasteiger partial charge in [-0.25, -0.2) is 14.8 Å². The molecule has 1 saturated heterocycles. The van der Waals surface area contributed by atoms with Crippen molar-refractivity contribution >= 4 is 30.0 Å². The number of alkyl halides is 3. The van der Waals surface area contributed by atoms with Gasteiger partial charge in [0.1, 0.15) is 29.0 Å². The van der Waals surface area contributed by atoms with Gasteiger partial charge in [0.25, 0.3) is 0 Å². The van der Waals surface area contributed by atoms with E-state index in [9.17, 15) is 18.0 Å². The van der Waals surface area contributed by atoms with Crippen molar-refractivity contribution in [1.82, 2.24) is 24.8 Å². The summed E-state index contributed by atoms with van der Waals surface area (Å²) in [6, 6.07) is 4.11. The average Bonchev–Trinajstić information content (AvgIpc) is 3.49. The zero-order chi connectivity index (χ0) is 34.4. The number of likely N-dealkylation sites (tertiary alicyclic amines) is 1. The minimum Gasteiger partial charge on any atom is -0.474 e. The molecule has 258 valence electrons. The number of H-pyrrole nitrogens is 1. The number of hydrogen-bond donors (Lipinski definition) is 2. The Morgan fingerprint density at radius 1 is 1.21 bits per heavy atom. The highest BCUT2D eigenvalue weighted by Crippen LogP contribution is 2.38. The number of aliphatic imine (C=N–C) groups is 1. The molecule has 2 amide bonds. The fraction of sp³-hybridized carbons (Fsp3) is 0.471. The van der Waals surface area contributed by atoms with Crippen LogP contribution in [0.25, 0.3) is 5.76 Å². The number of methoxy groups -OCH3 is 1. The molecule has 1 atom stereocenters. The molecule has 0 bridgehead atoms. The highest BCUT2D eigenvalue weighted by atomic mass is 19.4. The SMILES string of the molecule is C=Nc1[nH]c(CCOC)cc1/C(=C\C)Oc1cnc2c(c1)CN(C(=O)Nc1cnc(OC3CCN(C)CC3)c(C(F)(F)F)c1)C[C@@H]2CC. The number of ether oxygens (including phenoxy) is 3. The molecule has 2 aliphatic rings. The first-order chi connectivity index (χ1) is 23.0.